The number of alkyl halides is 3. The van der Waals surface area contributed by atoms with Crippen LogP contribution in [-0.2, 0) is 16.5 Å². The summed E-state index contributed by atoms with van der Waals surface area (Å²) < 4.78 is 64.8. The molecular formula is C13H15F3N2O3S2. The van der Waals surface area contributed by atoms with Crippen LogP contribution in [0.4, 0.5) is 13.2 Å². The zero-order chi connectivity index (χ0) is 16.7. The molecular weight excluding hydrogens is 353 g/mol. The average Bonchev–Trinajstić information content (AvgIpc) is 2.99. The number of rotatable bonds is 3. The van der Waals surface area contributed by atoms with E-state index in [4.69, 9.17) is 0 Å². The summed E-state index contributed by atoms with van der Waals surface area (Å²) in [6.45, 7) is 0. The number of aryl methyl sites for hydroxylation is 1. The van der Waals surface area contributed by atoms with Crippen LogP contribution in [0, 0.1) is 0 Å². The fourth-order valence-electron chi connectivity index (χ4n) is 2.79. The second-order valence-corrected chi connectivity index (χ2v) is 8.22. The van der Waals surface area contributed by atoms with Crippen LogP contribution in [-0.4, -0.2) is 29.6 Å². The van der Waals surface area contributed by atoms with E-state index < -0.39 is 21.5 Å². The standard InChI is InChI=1S/C13H15F3N2O3S2/c14-13(15,16)23(19,20)21-12-10-9(6-3-7-22-10)17-11(18-12)8-4-1-2-5-8/h8H,1-7H2. The highest BCUT2D eigenvalue weighted by Gasteiger charge is 2.49. The highest BCUT2D eigenvalue weighted by molar-refractivity contribution is 7.99. The van der Waals surface area contributed by atoms with Gasteiger partial charge < -0.3 is 4.18 Å². The van der Waals surface area contributed by atoms with Gasteiger partial charge in [0.05, 0.1) is 10.6 Å². The molecule has 0 unspecified atom stereocenters. The highest BCUT2D eigenvalue weighted by Crippen LogP contribution is 2.40. The second kappa shape index (κ2) is 6.12. The van der Waals surface area contributed by atoms with Crippen molar-refractivity contribution in [2.24, 2.45) is 0 Å². The van der Waals surface area contributed by atoms with Gasteiger partial charge in [-0.3, -0.25) is 0 Å². The Morgan fingerprint density at radius 2 is 1.83 bits per heavy atom. The van der Waals surface area contributed by atoms with E-state index in [1.165, 1.54) is 11.8 Å². The van der Waals surface area contributed by atoms with Crippen molar-refractivity contribution in [1.29, 1.82) is 0 Å². The molecule has 2 heterocycles. The van der Waals surface area contributed by atoms with Crippen LogP contribution in [0.5, 0.6) is 5.88 Å². The minimum absolute atomic E-state index is 0.0585. The fraction of sp³-hybridized carbons (Fsp3) is 0.692. The van der Waals surface area contributed by atoms with E-state index in [2.05, 4.69) is 14.2 Å². The average molecular weight is 368 g/mol. The predicted octanol–water partition coefficient (Wildman–Crippen LogP) is 3.40. The number of halogens is 3. The molecule has 5 nitrogen and oxygen atoms in total. The van der Waals surface area contributed by atoms with Crippen LogP contribution in [0.2, 0.25) is 0 Å². The fourth-order valence-corrected chi connectivity index (χ4v) is 4.29. The van der Waals surface area contributed by atoms with Crippen molar-refractivity contribution in [2.75, 3.05) is 5.75 Å². The molecule has 1 saturated carbocycles. The maximum atomic E-state index is 12.6. The van der Waals surface area contributed by atoms with Gasteiger partial charge in [-0.1, -0.05) is 12.8 Å². The van der Waals surface area contributed by atoms with Crippen molar-refractivity contribution in [3.8, 4) is 5.88 Å². The van der Waals surface area contributed by atoms with Crippen LogP contribution < -0.4 is 4.18 Å². The van der Waals surface area contributed by atoms with Gasteiger partial charge in [-0.2, -0.15) is 26.6 Å². The lowest BCUT2D eigenvalue weighted by Crippen LogP contribution is -2.29. The van der Waals surface area contributed by atoms with E-state index in [0.717, 1.165) is 32.1 Å². The monoisotopic (exact) mass is 368 g/mol. The smallest absolute Gasteiger partial charge is 0.354 e. The van der Waals surface area contributed by atoms with E-state index in [1.54, 1.807) is 0 Å². The SMILES string of the molecule is O=S(=O)(Oc1nc(C2CCCC2)nc2c1SCCC2)C(F)(F)F. The van der Waals surface area contributed by atoms with Crippen LogP contribution >= 0.6 is 11.8 Å². The van der Waals surface area contributed by atoms with Crippen LogP contribution in [0.15, 0.2) is 4.90 Å². The highest BCUT2D eigenvalue weighted by atomic mass is 32.2. The third-order valence-corrected chi connectivity index (χ3v) is 6.05. The summed E-state index contributed by atoms with van der Waals surface area (Å²) in [5, 5.41) is 0. The molecule has 1 aromatic heterocycles. The first-order valence-corrected chi connectivity index (χ1v) is 9.71. The molecule has 0 amide bonds. The van der Waals surface area contributed by atoms with Crippen molar-refractivity contribution in [2.45, 2.75) is 54.8 Å². The Morgan fingerprint density at radius 1 is 1.13 bits per heavy atom. The molecule has 1 aliphatic carbocycles. The lowest BCUT2D eigenvalue weighted by molar-refractivity contribution is -0.0502. The zero-order valence-corrected chi connectivity index (χ0v) is 13.7. The summed E-state index contributed by atoms with van der Waals surface area (Å²) >= 11 is 1.24. The normalized spacial score (nSPS) is 19.6. The number of nitrogens with zero attached hydrogens (tertiary/aromatic N) is 2. The molecule has 0 radical (unpaired) electrons. The maximum Gasteiger partial charge on any atom is 0.534 e. The summed E-state index contributed by atoms with van der Waals surface area (Å²) in [5.74, 6) is 0.653. The van der Waals surface area contributed by atoms with Gasteiger partial charge in [0.2, 0.25) is 0 Å². The third kappa shape index (κ3) is 3.42. The predicted molar refractivity (Wildman–Crippen MR) is 77.9 cm³/mol. The lowest BCUT2D eigenvalue weighted by Gasteiger charge is -2.20. The van der Waals surface area contributed by atoms with Crippen molar-refractivity contribution in [1.82, 2.24) is 9.97 Å². The molecule has 3 rings (SSSR count). The molecule has 2 aliphatic rings. The second-order valence-electron chi connectivity index (χ2n) is 5.58. The molecule has 1 aromatic rings. The third-order valence-electron chi connectivity index (χ3n) is 3.92. The summed E-state index contributed by atoms with van der Waals surface area (Å²) in [5.41, 5.74) is -4.89. The maximum absolute atomic E-state index is 12.6. The Morgan fingerprint density at radius 3 is 2.48 bits per heavy atom. The summed E-state index contributed by atoms with van der Waals surface area (Å²) in [6.07, 6.45) is 5.17. The topological polar surface area (TPSA) is 69.2 Å². The van der Waals surface area contributed by atoms with Gasteiger partial charge in [-0.15, -0.1) is 11.8 Å². The van der Waals surface area contributed by atoms with Gasteiger partial charge in [0.1, 0.15) is 5.82 Å². The van der Waals surface area contributed by atoms with Gasteiger partial charge in [0.15, 0.2) is 0 Å². The quantitative estimate of drug-likeness (QED) is 0.602. The molecule has 1 fully saturated rings. The van der Waals surface area contributed by atoms with E-state index >= 15 is 0 Å². The van der Waals surface area contributed by atoms with Crippen molar-refractivity contribution in [3.05, 3.63) is 11.5 Å². The van der Waals surface area contributed by atoms with E-state index in [-0.39, 0.29) is 5.92 Å². The Balaban J connectivity index is 2.02. The van der Waals surface area contributed by atoms with Crippen molar-refractivity contribution < 1.29 is 25.8 Å². The molecule has 0 atom stereocenters. The summed E-state index contributed by atoms with van der Waals surface area (Å²) in [6, 6.07) is 0. The number of hydrogen-bond donors (Lipinski definition) is 0. The molecule has 0 aromatic carbocycles. The molecule has 1 aliphatic heterocycles. The molecule has 0 bridgehead atoms. The molecule has 10 heteroatoms. The first kappa shape index (κ1) is 16.8. The molecule has 23 heavy (non-hydrogen) atoms. The molecule has 128 valence electrons. The summed E-state index contributed by atoms with van der Waals surface area (Å²) in [7, 11) is -5.73. The van der Waals surface area contributed by atoms with Crippen molar-refractivity contribution in [3.63, 3.8) is 0 Å². The number of aromatic nitrogens is 2. The van der Waals surface area contributed by atoms with Gasteiger partial charge in [0, 0.05) is 5.92 Å². The van der Waals surface area contributed by atoms with Crippen LogP contribution in [0.3, 0.4) is 0 Å². The van der Waals surface area contributed by atoms with Gasteiger partial charge in [-0.25, -0.2) is 4.98 Å². The van der Waals surface area contributed by atoms with Gasteiger partial charge >= 0.3 is 15.6 Å². The first-order chi connectivity index (χ1) is 10.8. The Bertz CT molecular complexity index is 701. The number of fused-ring (bicyclic) bond motifs is 1. The van der Waals surface area contributed by atoms with E-state index in [0.29, 0.717) is 28.6 Å². The lowest BCUT2D eigenvalue weighted by atomic mass is 10.1. The van der Waals surface area contributed by atoms with E-state index in [9.17, 15) is 21.6 Å². The molecule has 0 saturated heterocycles. The van der Waals surface area contributed by atoms with Crippen LogP contribution in [0.1, 0.15) is 49.5 Å². The zero-order valence-electron chi connectivity index (χ0n) is 12.1. The minimum Gasteiger partial charge on any atom is -0.354 e. The number of hydrogen-bond acceptors (Lipinski definition) is 6. The largest absolute Gasteiger partial charge is 0.534 e. The van der Waals surface area contributed by atoms with Crippen LogP contribution in [0.25, 0.3) is 0 Å². The minimum atomic E-state index is -5.73. The molecule has 0 N–H and O–H groups in total. The van der Waals surface area contributed by atoms with E-state index in [1.807, 2.05) is 0 Å². The van der Waals surface area contributed by atoms with Gasteiger partial charge in [0.25, 0.3) is 5.88 Å². The van der Waals surface area contributed by atoms with Crippen molar-refractivity contribution >= 4 is 21.9 Å². The Labute approximate surface area is 136 Å². The first-order valence-electron chi connectivity index (χ1n) is 7.32. The Kier molecular flexibility index (Phi) is 4.47. The molecule has 0 spiro atoms. The Hall–Kier alpha value is -1.03. The summed E-state index contributed by atoms with van der Waals surface area (Å²) in [4.78, 5) is 8.80. The number of thioether (sulfide) groups is 1. The van der Waals surface area contributed by atoms with Gasteiger partial charge in [-0.05, 0) is 31.4 Å².